The molecule has 0 amide bonds. The molecule has 8 nitrogen and oxygen atoms in total. The predicted octanol–water partition coefficient (Wildman–Crippen LogP) is 7.41. The van der Waals surface area contributed by atoms with Crippen LogP contribution in [0.4, 0.5) is 5.69 Å². The van der Waals surface area contributed by atoms with Crippen LogP contribution in [0.1, 0.15) is 39.5 Å². The van der Waals surface area contributed by atoms with Crippen LogP contribution in [0.3, 0.4) is 0 Å². The van der Waals surface area contributed by atoms with Gasteiger partial charge in [0.2, 0.25) is 0 Å². The van der Waals surface area contributed by atoms with Gasteiger partial charge in [0, 0.05) is 22.8 Å². The van der Waals surface area contributed by atoms with Gasteiger partial charge in [-0.15, -0.1) is 4.91 Å². The number of hydrogen-bond donors (Lipinski definition) is 0. The molecule has 0 radical (unpaired) electrons. The lowest BCUT2D eigenvalue weighted by atomic mass is 10.00. The number of nitrogens with zero attached hydrogens (tertiary/aromatic N) is 4. The van der Waals surface area contributed by atoms with Crippen molar-refractivity contribution in [2.24, 2.45) is 11.1 Å². The van der Waals surface area contributed by atoms with Crippen LogP contribution < -0.4 is 4.74 Å². The maximum absolute atomic E-state index is 12.3. The summed E-state index contributed by atoms with van der Waals surface area (Å²) in [6.07, 6.45) is 3.63. The third-order valence-electron chi connectivity index (χ3n) is 6.34. The van der Waals surface area contributed by atoms with Gasteiger partial charge in [-0.1, -0.05) is 87.4 Å². The highest BCUT2D eigenvalue weighted by Crippen LogP contribution is 2.33. The number of carbonyl (C=O) groups is 1. The molecule has 0 fully saturated rings. The maximum atomic E-state index is 12.3. The minimum absolute atomic E-state index is 0.0861. The zero-order valence-electron chi connectivity index (χ0n) is 22.2. The summed E-state index contributed by atoms with van der Waals surface area (Å²) >= 11 is 0. The average molecular weight is 525 g/mol. The van der Waals surface area contributed by atoms with E-state index in [0.717, 1.165) is 36.8 Å². The topological polar surface area (TPSA) is 104 Å². The van der Waals surface area contributed by atoms with Crippen molar-refractivity contribution >= 4 is 11.7 Å². The molecule has 0 N–H and O–H groups in total. The van der Waals surface area contributed by atoms with Crippen LogP contribution in [-0.2, 0) is 9.53 Å². The molecule has 0 saturated heterocycles. The Kier molecular flexibility index (Phi) is 9.83. The van der Waals surface area contributed by atoms with E-state index >= 15 is 0 Å². The first kappa shape index (κ1) is 27.6. The Bertz CT molecular complexity index is 1320. The van der Waals surface area contributed by atoms with Gasteiger partial charge in [0.05, 0.1) is 5.92 Å². The SMILES string of the molecule is CCCCC(CC)C(=O)OCCOc1ccc(-c2nc(-c3ccccc3)nc(-c3ccccc3)n2)c(N=O)c1. The molecule has 0 aliphatic carbocycles. The highest BCUT2D eigenvalue weighted by atomic mass is 16.6. The molecule has 3 aromatic carbocycles. The van der Waals surface area contributed by atoms with Crippen LogP contribution in [-0.4, -0.2) is 34.1 Å². The summed E-state index contributed by atoms with van der Waals surface area (Å²) in [4.78, 5) is 38.1. The first-order valence-electron chi connectivity index (χ1n) is 13.3. The van der Waals surface area contributed by atoms with Crippen molar-refractivity contribution in [3.05, 3.63) is 83.8 Å². The van der Waals surface area contributed by atoms with Crippen molar-refractivity contribution in [2.45, 2.75) is 39.5 Å². The molecular weight excluding hydrogens is 492 g/mol. The molecule has 1 atom stereocenters. The second-order valence-corrected chi connectivity index (χ2v) is 9.07. The summed E-state index contributed by atoms with van der Waals surface area (Å²) in [5.74, 6) is 1.46. The highest BCUT2D eigenvalue weighted by molar-refractivity contribution is 5.75. The molecule has 0 aliphatic heterocycles. The van der Waals surface area contributed by atoms with Gasteiger partial charge in [-0.05, 0) is 30.2 Å². The van der Waals surface area contributed by atoms with Crippen molar-refractivity contribution in [1.82, 2.24) is 15.0 Å². The standard InChI is InChI=1S/C31H32N4O4/c1-3-5-12-22(4-2)31(36)39-20-19-38-25-17-18-26(27(21-25)35-37)30-33-28(23-13-8-6-9-14-23)32-29(34-30)24-15-10-7-11-16-24/h6-11,13-18,21-22H,3-5,12,19-20H2,1-2H3. The van der Waals surface area contributed by atoms with E-state index in [1.165, 1.54) is 6.07 Å². The molecule has 1 unspecified atom stereocenters. The van der Waals surface area contributed by atoms with Crippen LogP contribution >= 0.6 is 0 Å². The summed E-state index contributed by atoms with van der Waals surface area (Å²) in [5, 5.41) is 3.22. The van der Waals surface area contributed by atoms with Crippen LogP contribution in [0.2, 0.25) is 0 Å². The predicted molar refractivity (Wildman–Crippen MR) is 151 cm³/mol. The van der Waals surface area contributed by atoms with E-state index < -0.39 is 0 Å². The third kappa shape index (κ3) is 7.31. The van der Waals surface area contributed by atoms with Gasteiger partial charge in [-0.3, -0.25) is 4.79 Å². The monoisotopic (exact) mass is 524 g/mol. The minimum atomic E-state index is -0.196. The summed E-state index contributed by atoms with van der Waals surface area (Å²) in [6, 6.07) is 24.1. The third-order valence-corrected chi connectivity index (χ3v) is 6.34. The quantitative estimate of drug-likeness (QED) is 0.102. The van der Waals surface area contributed by atoms with Crippen LogP contribution in [0.15, 0.2) is 84.0 Å². The van der Waals surface area contributed by atoms with Crippen molar-refractivity contribution < 1.29 is 14.3 Å². The first-order valence-corrected chi connectivity index (χ1v) is 13.3. The van der Waals surface area contributed by atoms with Crippen molar-refractivity contribution in [2.75, 3.05) is 13.2 Å². The summed E-state index contributed by atoms with van der Waals surface area (Å²) in [5.41, 5.74) is 2.25. The van der Waals surface area contributed by atoms with E-state index in [9.17, 15) is 9.70 Å². The van der Waals surface area contributed by atoms with Crippen molar-refractivity contribution in [3.63, 3.8) is 0 Å². The van der Waals surface area contributed by atoms with E-state index in [0.29, 0.717) is 28.8 Å². The number of aromatic nitrogens is 3. The molecule has 0 saturated carbocycles. The summed E-state index contributed by atoms with van der Waals surface area (Å²) in [6.45, 7) is 4.38. The Balaban J connectivity index is 1.53. The zero-order chi connectivity index (χ0) is 27.5. The first-order chi connectivity index (χ1) is 19.1. The van der Waals surface area contributed by atoms with E-state index in [2.05, 4.69) is 27.1 Å². The summed E-state index contributed by atoms with van der Waals surface area (Å²) < 4.78 is 11.1. The van der Waals surface area contributed by atoms with Crippen LogP contribution in [0.5, 0.6) is 5.75 Å². The second-order valence-electron chi connectivity index (χ2n) is 9.07. The van der Waals surface area contributed by atoms with Gasteiger partial charge in [0.15, 0.2) is 17.5 Å². The lowest BCUT2D eigenvalue weighted by Crippen LogP contribution is -2.20. The van der Waals surface area contributed by atoms with Gasteiger partial charge in [-0.2, -0.15) is 0 Å². The second kappa shape index (κ2) is 13.9. The van der Waals surface area contributed by atoms with Gasteiger partial charge in [0.1, 0.15) is 24.7 Å². The fourth-order valence-corrected chi connectivity index (χ4v) is 4.15. The Hall–Kier alpha value is -4.46. The van der Waals surface area contributed by atoms with Gasteiger partial charge < -0.3 is 9.47 Å². The van der Waals surface area contributed by atoms with Crippen LogP contribution in [0.25, 0.3) is 34.2 Å². The van der Waals surface area contributed by atoms with Gasteiger partial charge >= 0.3 is 5.97 Å². The molecule has 8 heteroatoms. The maximum Gasteiger partial charge on any atom is 0.309 e. The van der Waals surface area contributed by atoms with E-state index in [1.54, 1.807) is 12.1 Å². The number of nitroso groups, excluding NO2 is 1. The number of ether oxygens (including phenoxy) is 2. The average Bonchev–Trinajstić information content (AvgIpc) is 3.00. The highest BCUT2D eigenvalue weighted by Gasteiger charge is 2.18. The van der Waals surface area contributed by atoms with E-state index in [1.807, 2.05) is 67.6 Å². The Morgan fingerprint density at radius 2 is 1.44 bits per heavy atom. The number of rotatable bonds is 13. The number of carbonyl (C=O) groups excluding carboxylic acids is 1. The molecule has 4 aromatic rings. The summed E-state index contributed by atoms with van der Waals surface area (Å²) in [7, 11) is 0. The number of benzene rings is 3. The smallest absolute Gasteiger partial charge is 0.309 e. The zero-order valence-corrected chi connectivity index (χ0v) is 22.2. The molecule has 0 spiro atoms. The molecule has 0 bridgehead atoms. The molecule has 1 heterocycles. The molecule has 0 aliphatic rings. The molecule has 39 heavy (non-hydrogen) atoms. The molecule has 1 aromatic heterocycles. The number of unbranched alkanes of at least 4 members (excludes halogenated alkanes) is 1. The van der Waals surface area contributed by atoms with Crippen LogP contribution in [0, 0.1) is 10.8 Å². The van der Waals surface area contributed by atoms with Gasteiger partial charge in [-0.25, -0.2) is 15.0 Å². The fraction of sp³-hybridized carbons (Fsp3) is 0.290. The van der Waals surface area contributed by atoms with Crippen molar-refractivity contribution in [3.8, 4) is 39.9 Å². The van der Waals surface area contributed by atoms with E-state index in [4.69, 9.17) is 9.47 Å². The van der Waals surface area contributed by atoms with Crippen molar-refractivity contribution in [1.29, 1.82) is 0 Å². The largest absolute Gasteiger partial charge is 0.490 e. The normalized spacial score (nSPS) is 11.5. The minimum Gasteiger partial charge on any atom is -0.490 e. The Morgan fingerprint density at radius 3 is 2.00 bits per heavy atom. The number of esters is 1. The fourth-order valence-electron chi connectivity index (χ4n) is 4.15. The van der Waals surface area contributed by atoms with E-state index in [-0.39, 0.29) is 30.8 Å². The lowest BCUT2D eigenvalue weighted by molar-refractivity contribution is -0.149. The molecular formula is C31H32N4O4. The Morgan fingerprint density at radius 1 is 0.821 bits per heavy atom. The Labute approximate surface area is 228 Å². The molecule has 200 valence electrons. The molecule has 4 rings (SSSR count). The number of hydrogen-bond acceptors (Lipinski definition) is 8. The lowest BCUT2D eigenvalue weighted by Gasteiger charge is -2.14. The van der Waals surface area contributed by atoms with Gasteiger partial charge in [0.25, 0.3) is 0 Å².